The van der Waals surface area contributed by atoms with E-state index in [2.05, 4.69) is 13.0 Å². The molecule has 0 N–H and O–H groups in total. The Balaban J connectivity index is 2.19. The van der Waals surface area contributed by atoms with Crippen molar-refractivity contribution in [2.24, 2.45) is 11.8 Å². The first kappa shape index (κ1) is 16.3. The highest BCUT2D eigenvalue weighted by Gasteiger charge is 2.38. The molecule has 0 spiro atoms. The predicted octanol–water partition coefficient (Wildman–Crippen LogP) is 3.97. The molecule has 114 valence electrons. The smallest absolute Gasteiger partial charge is 0.158 e. The first-order chi connectivity index (χ1) is 9.96. The van der Waals surface area contributed by atoms with E-state index < -0.39 is 15.1 Å². The van der Waals surface area contributed by atoms with Crippen molar-refractivity contribution in [1.82, 2.24) is 0 Å². The molecule has 3 unspecified atom stereocenters. The van der Waals surface area contributed by atoms with E-state index in [0.717, 1.165) is 18.4 Å². The number of hydrogen-bond acceptors (Lipinski definition) is 3. The second-order valence-corrected chi connectivity index (χ2v) is 8.45. The van der Waals surface area contributed by atoms with Gasteiger partial charge in [0.25, 0.3) is 0 Å². The molecule has 1 aromatic rings. The summed E-state index contributed by atoms with van der Waals surface area (Å²) < 4.78 is 25.4. The van der Waals surface area contributed by atoms with Gasteiger partial charge in [0.1, 0.15) is 0 Å². The van der Waals surface area contributed by atoms with Crippen LogP contribution in [0.1, 0.15) is 38.2 Å². The summed E-state index contributed by atoms with van der Waals surface area (Å²) in [5, 5.41) is 9.32. The molecule has 5 heteroatoms. The Bertz CT molecular complexity index is 619. The molecule has 3 nitrogen and oxygen atoms in total. The van der Waals surface area contributed by atoms with Crippen molar-refractivity contribution < 1.29 is 8.42 Å². The molecular formula is C16H20ClNO2S. The van der Waals surface area contributed by atoms with Crippen molar-refractivity contribution in [3.8, 4) is 6.07 Å². The molecule has 21 heavy (non-hydrogen) atoms. The number of nitrogens with zero attached hydrogens (tertiary/aromatic N) is 1. The zero-order chi connectivity index (χ0) is 15.5. The maximum atomic E-state index is 12.7. The van der Waals surface area contributed by atoms with E-state index in [1.54, 1.807) is 24.3 Å². The minimum Gasteiger partial charge on any atom is -0.228 e. The number of rotatable bonds is 4. The summed E-state index contributed by atoms with van der Waals surface area (Å²) in [4.78, 5) is 0. The van der Waals surface area contributed by atoms with Gasteiger partial charge >= 0.3 is 0 Å². The molecule has 0 aromatic heterocycles. The van der Waals surface area contributed by atoms with Gasteiger partial charge in [-0.15, -0.1) is 0 Å². The molecule has 1 aromatic carbocycles. The molecule has 1 aliphatic rings. The van der Waals surface area contributed by atoms with Gasteiger partial charge in [-0.25, -0.2) is 8.42 Å². The number of nitriles is 1. The van der Waals surface area contributed by atoms with Crippen LogP contribution in [0.4, 0.5) is 0 Å². The van der Waals surface area contributed by atoms with Gasteiger partial charge in [-0.2, -0.15) is 5.26 Å². The van der Waals surface area contributed by atoms with E-state index >= 15 is 0 Å². The molecule has 0 amide bonds. The Kier molecular flexibility index (Phi) is 5.29. The third kappa shape index (κ3) is 3.99. The van der Waals surface area contributed by atoms with E-state index in [4.69, 9.17) is 11.6 Å². The second-order valence-electron chi connectivity index (χ2n) is 5.80. The standard InChI is InChI=1S/C16H20ClNO2S/c1-2-12-3-6-14(10-18)16(9-12)21(19,20)11-13-4-7-15(17)8-5-13/h4-5,7-8,12,14,16H,2-3,6,9,11H2,1H3. The lowest BCUT2D eigenvalue weighted by atomic mass is 9.81. The average Bonchev–Trinajstić information content (AvgIpc) is 2.48. The van der Waals surface area contributed by atoms with Crippen LogP contribution in [0.2, 0.25) is 5.02 Å². The molecule has 0 aliphatic heterocycles. The molecule has 0 saturated heterocycles. The van der Waals surface area contributed by atoms with Crippen molar-refractivity contribution in [3.05, 3.63) is 34.9 Å². The zero-order valence-corrected chi connectivity index (χ0v) is 13.7. The zero-order valence-electron chi connectivity index (χ0n) is 12.1. The van der Waals surface area contributed by atoms with Gasteiger partial charge in [-0.05, 0) is 42.9 Å². The molecule has 0 bridgehead atoms. The van der Waals surface area contributed by atoms with E-state index in [0.29, 0.717) is 23.8 Å². The van der Waals surface area contributed by atoms with Crippen LogP contribution in [0, 0.1) is 23.2 Å². The number of hydrogen-bond donors (Lipinski definition) is 0. The fourth-order valence-corrected chi connectivity index (χ4v) is 5.31. The monoisotopic (exact) mass is 325 g/mol. The van der Waals surface area contributed by atoms with Crippen LogP contribution in [-0.2, 0) is 15.6 Å². The third-order valence-corrected chi connectivity index (χ3v) is 6.82. The predicted molar refractivity (Wildman–Crippen MR) is 84.6 cm³/mol. The Morgan fingerprint density at radius 2 is 1.95 bits per heavy atom. The van der Waals surface area contributed by atoms with E-state index in [1.165, 1.54) is 0 Å². The summed E-state index contributed by atoms with van der Waals surface area (Å²) in [7, 11) is -3.32. The summed E-state index contributed by atoms with van der Waals surface area (Å²) in [6.07, 6.45) is 3.25. The Labute approximate surface area is 131 Å². The molecule has 3 atom stereocenters. The Hall–Kier alpha value is -1.05. The quantitative estimate of drug-likeness (QED) is 0.841. The number of sulfone groups is 1. The van der Waals surface area contributed by atoms with Gasteiger partial charge in [0.2, 0.25) is 0 Å². The van der Waals surface area contributed by atoms with Gasteiger partial charge in [0.05, 0.1) is 23.0 Å². The molecular weight excluding hydrogens is 306 g/mol. The SMILES string of the molecule is CCC1CCC(C#N)C(S(=O)(=O)Cc2ccc(Cl)cc2)C1. The largest absolute Gasteiger partial charge is 0.228 e. The van der Waals surface area contributed by atoms with Crippen LogP contribution in [0.5, 0.6) is 0 Å². The lowest BCUT2D eigenvalue weighted by molar-refractivity contribution is 0.308. The summed E-state index contributed by atoms with van der Waals surface area (Å²) in [5.74, 6) is 0.0355. The molecule has 1 aliphatic carbocycles. The van der Waals surface area contributed by atoms with Crippen molar-refractivity contribution in [2.75, 3.05) is 0 Å². The van der Waals surface area contributed by atoms with Crippen molar-refractivity contribution in [2.45, 2.75) is 43.6 Å². The Morgan fingerprint density at radius 3 is 2.52 bits per heavy atom. The van der Waals surface area contributed by atoms with Gasteiger partial charge in [-0.3, -0.25) is 0 Å². The van der Waals surface area contributed by atoms with Crippen molar-refractivity contribution in [1.29, 1.82) is 5.26 Å². The van der Waals surface area contributed by atoms with Crippen LogP contribution in [-0.4, -0.2) is 13.7 Å². The minimum absolute atomic E-state index is 0.0105. The van der Waals surface area contributed by atoms with Gasteiger partial charge in [-0.1, -0.05) is 37.1 Å². The maximum Gasteiger partial charge on any atom is 0.158 e. The Morgan fingerprint density at radius 1 is 1.29 bits per heavy atom. The average molecular weight is 326 g/mol. The maximum absolute atomic E-state index is 12.7. The van der Waals surface area contributed by atoms with Crippen LogP contribution < -0.4 is 0 Å². The molecule has 1 fully saturated rings. The highest BCUT2D eigenvalue weighted by Crippen LogP contribution is 2.35. The van der Waals surface area contributed by atoms with Crippen LogP contribution in [0.15, 0.2) is 24.3 Å². The van der Waals surface area contributed by atoms with Gasteiger partial charge < -0.3 is 0 Å². The summed E-state index contributed by atoms with van der Waals surface area (Å²) >= 11 is 5.82. The van der Waals surface area contributed by atoms with E-state index in [1.807, 2.05) is 0 Å². The first-order valence-electron chi connectivity index (χ1n) is 7.32. The second kappa shape index (κ2) is 6.81. The van der Waals surface area contributed by atoms with E-state index in [-0.39, 0.29) is 11.7 Å². The minimum atomic E-state index is -3.32. The highest BCUT2D eigenvalue weighted by molar-refractivity contribution is 7.91. The molecule has 0 radical (unpaired) electrons. The van der Waals surface area contributed by atoms with Crippen LogP contribution >= 0.6 is 11.6 Å². The molecule has 2 rings (SSSR count). The summed E-state index contributed by atoms with van der Waals surface area (Å²) in [5.41, 5.74) is 0.731. The topological polar surface area (TPSA) is 57.9 Å². The molecule has 0 heterocycles. The van der Waals surface area contributed by atoms with Gasteiger partial charge in [0.15, 0.2) is 9.84 Å². The highest BCUT2D eigenvalue weighted by atomic mass is 35.5. The first-order valence-corrected chi connectivity index (χ1v) is 9.41. The van der Waals surface area contributed by atoms with Crippen LogP contribution in [0.3, 0.4) is 0 Å². The lowest BCUT2D eigenvalue weighted by Gasteiger charge is -2.31. The third-order valence-electron chi connectivity index (χ3n) is 4.39. The number of halogens is 1. The van der Waals surface area contributed by atoms with Crippen LogP contribution in [0.25, 0.3) is 0 Å². The lowest BCUT2D eigenvalue weighted by Crippen LogP contribution is -2.36. The molecule has 1 saturated carbocycles. The number of benzene rings is 1. The van der Waals surface area contributed by atoms with Crippen molar-refractivity contribution >= 4 is 21.4 Å². The summed E-state index contributed by atoms with van der Waals surface area (Å²) in [6.45, 7) is 2.08. The van der Waals surface area contributed by atoms with Gasteiger partial charge in [0, 0.05) is 5.02 Å². The summed E-state index contributed by atoms with van der Waals surface area (Å²) in [6, 6.07) is 9.07. The normalized spacial score (nSPS) is 26.2. The van der Waals surface area contributed by atoms with Crippen molar-refractivity contribution in [3.63, 3.8) is 0 Å². The fraction of sp³-hybridized carbons (Fsp3) is 0.562. The fourth-order valence-electron chi connectivity index (χ4n) is 3.05. The van der Waals surface area contributed by atoms with E-state index in [9.17, 15) is 13.7 Å².